The van der Waals surface area contributed by atoms with E-state index in [9.17, 15) is 19.2 Å². The van der Waals surface area contributed by atoms with E-state index >= 15 is 0 Å². The number of esters is 2. The monoisotopic (exact) mass is 736 g/mol. The zero-order chi connectivity index (χ0) is 35.3. The van der Waals surface area contributed by atoms with Crippen LogP contribution in [0.1, 0.15) is 48.9 Å². The molecule has 1 unspecified atom stereocenters. The topological polar surface area (TPSA) is 111 Å². The van der Waals surface area contributed by atoms with Crippen molar-refractivity contribution < 1.29 is 28.7 Å². The van der Waals surface area contributed by atoms with Crippen LogP contribution in [-0.4, -0.2) is 84.6 Å². The van der Waals surface area contributed by atoms with E-state index in [2.05, 4.69) is 10.6 Å². The van der Waals surface area contributed by atoms with E-state index in [1.54, 1.807) is 59.0 Å². The van der Waals surface area contributed by atoms with Crippen molar-refractivity contribution in [3.63, 3.8) is 0 Å². The average Bonchev–Trinajstić information content (AvgIpc) is 3.07. The van der Waals surface area contributed by atoms with E-state index in [4.69, 9.17) is 9.47 Å². The Kier molecular flexibility index (Phi) is 20.9. The maximum atomic E-state index is 13.7. The molecule has 0 aliphatic carbocycles. The standard InChI is InChI=1S/C36H52N2O6S4/c1-7-43-35(41)31(17-19-45-5)37-33(39)29(21-27-15-11-9-13-25(27)3)23-47-48-24-30(22-28-16-12-10-14-26(28)4)34(40)38-32(18-20-46-6)36(42)44-8-2/h9-16,29-32H,7-8,17-24H2,1-6H3,(H,37,39)(H,38,40)/t29-,30-,31+,32?/m1/s1. The van der Waals surface area contributed by atoms with Gasteiger partial charge < -0.3 is 20.1 Å². The van der Waals surface area contributed by atoms with Gasteiger partial charge in [0.2, 0.25) is 11.8 Å². The van der Waals surface area contributed by atoms with Crippen LogP contribution in [0.25, 0.3) is 0 Å². The van der Waals surface area contributed by atoms with Crippen molar-refractivity contribution in [1.29, 1.82) is 0 Å². The Labute approximate surface area is 303 Å². The van der Waals surface area contributed by atoms with Crippen LogP contribution in [0.2, 0.25) is 0 Å². The minimum atomic E-state index is -0.706. The Hall–Kier alpha value is -2.28. The molecule has 2 aromatic carbocycles. The van der Waals surface area contributed by atoms with Crippen LogP contribution in [-0.2, 0) is 41.5 Å². The fraction of sp³-hybridized carbons (Fsp3) is 0.556. The van der Waals surface area contributed by atoms with Crippen LogP contribution in [0, 0.1) is 25.7 Å². The number of carbonyl (C=O) groups is 4. The van der Waals surface area contributed by atoms with Crippen molar-refractivity contribution in [2.24, 2.45) is 11.8 Å². The molecule has 2 rings (SSSR count). The normalized spacial score (nSPS) is 13.5. The van der Waals surface area contributed by atoms with E-state index < -0.39 is 35.9 Å². The van der Waals surface area contributed by atoms with Crippen molar-refractivity contribution in [3.8, 4) is 0 Å². The Morgan fingerprint density at radius 1 is 0.646 bits per heavy atom. The molecule has 266 valence electrons. The molecule has 0 radical (unpaired) electrons. The van der Waals surface area contributed by atoms with Crippen LogP contribution in [0.5, 0.6) is 0 Å². The number of thioether (sulfide) groups is 2. The van der Waals surface area contributed by atoms with Gasteiger partial charge in [0, 0.05) is 11.5 Å². The fourth-order valence-electron chi connectivity index (χ4n) is 4.96. The molecule has 0 aromatic heterocycles. The van der Waals surface area contributed by atoms with Gasteiger partial charge in [0.1, 0.15) is 12.1 Å². The van der Waals surface area contributed by atoms with Crippen molar-refractivity contribution in [1.82, 2.24) is 10.6 Å². The summed E-state index contributed by atoms with van der Waals surface area (Å²) in [6, 6.07) is 14.6. The number of carbonyl (C=O) groups excluding carboxylic acids is 4. The molecule has 0 heterocycles. The molecule has 4 atom stereocenters. The summed E-state index contributed by atoms with van der Waals surface area (Å²) in [6.07, 6.45) is 5.95. The molecule has 0 saturated heterocycles. The second-order valence-corrected chi connectivity index (χ2v) is 15.9. The first-order chi connectivity index (χ1) is 23.1. The van der Waals surface area contributed by atoms with Gasteiger partial charge >= 0.3 is 11.9 Å². The molecule has 0 saturated carbocycles. The Balaban J connectivity index is 2.21. The third-order valence-corrected chi connectivity index (χ3v) is 11.7. The lowest BCUT2D eigenvalue weighted by molar-refractivity contribution is -0.148. The van der Waals surface area contributed by atoms with Gasteiger partial charge in [-0.05, 0) is 99.6 Å². The second kappa shape index (κ2) is 24.0. The first-order valence-corrected chi connectivity index (χ1v) is 21.7. The van der Waals surface area contributed by atoms with Gasteiger partial charge in [-0.3, -0.25) is 9.59 Å². The maximum Gasteiger partial charge on any atom is 0.328 e. The van der Waals surface area contributed by atoms with Gasteiger partial charge in [-0.1, -0.05) is 70.1 Å². The maximum absolute atomic E-state index is 13.7. The Morgan fingerprint density at radius 2 is 1.02 bits per heavy atom. The van der Waals surface area contributed by atoms with Crippen molar-refractivity contribution >= 4 is 68.9 Å². The van der Waals surface area contributed by atoms with Crippen LogP contribution < -0.4 is 10.6 Å². The number of ether oxygens (including phenoxy) is 2. The molecule has 0 aliphatic rings. The minimum Gasteiger partial charge on any atom is -0.464 e. The van der Waals surface area contributed by atoms with Gasteiger partial charge in [-0.2, -0.15) is 23.5 Å². The van der Waals surface area contributed by atoms with Crippen molar-refractivity contribution in [2.75, 3.05) is 48.7 Å². The Morgan fingerprint density at radius 3 is 1.35 bits per heavy atom. The molecular weight excluding hydrogens is 685 g/mol. The fourth-order valence-corrected chi connectivity index (χ4v) is 8.52. The molecule has 48 heavy (non-hydrogen) atoms. The first-order valence-electron chi connectivity index (χ1n) is 16.4. The highest BCUT2D eigenvalue weighted by molar-refractivity contribution is 8.76. The summed E-state index contributed by atoms with van der Waals surface area (Å²) >= 11 is 3.23. The summed E-state index contributed by atoms with van der Waals surface area (Å²) in [7, 11) is 3.09. The largest absolute Gasteiger partial charge is 0.464 e. The predicted molar refractivity (Wildman–Crippen MR) is 205 cm³/mol. The molecular formula is C36H52N2O6S4. The van der Waals surface area contributed by atoms with Crippen LogP contribution in [0.15, 0.2) is 48.5 Å². The lowest BCUT2D eigenvalue weighted by Crippen LogP contribution is -2.46. The third kappa shape index (κ3) is 15.1. The summed E-state index contributed by atoms with van der Waals surface area (Å²) in [5, 5.41) is 5.97. The summed E-state index contributed by atoms with van der Waals surface area (Å²) in [4.78, 5) is 52.8. The number of hydrogen-bond donors (Lipinski definition) is 2. The summed E-state index contributed by atoms with van der Waals surface area (Å²) in [5.41, 5.74) is 4.36. The number of aryl methyl sites for hydroxylation is 2. The van der Waals surface area contributed by atoms with E-state index in [1.165, 1.54) is 0 Å². The number of rotatable bonds is 23. The zero-order valence-electron chi connectivity index (χ0n) is 29.1. The molecule has 8 nitrogen and oxygen atoms in total. The quantitative estimate of drug-likeness (QED) is 0.0766. The van der Waals surface area contributed by atoms with Crippen molar-refractivity contribution in [2.45, 2.75) is 65.5 Å². The molecule has 0 bridgehead atoms. The van der Waals surface area contributed by atoms with E-state index in [0.717, 1.165) is 33.8 Å². The molecule has 2 N–H and O–H groups in total. The molecule has 0 spiro atoms. The third-order valence-electron chi connectivity index (χ3n) is 7.82. The minimum absolute atomic E-state index is 0.189. The van der Waals surface area contributed by atoms with Crippen LogP contribution in [0.4, 0.5) is 0 Å². The van der Waals surface area contributed by atoms with Gasteiger partial charge in [-0.25, -0.2) is 9.59 Å². The number of benzene rings is 2. The molecule has 12 heteroatoms. The van der Waals surface area contributed by atoms with E-state index in [1.807, 2.05) is 74.9 Å². The predicted octanol–water partition coefficient (Wildman–Crippen LogP) is 6.30. The molecule has 0 fully saturated rings. The second-order valence-electron chi connectivity index (χ2n) is 11.4. The van der Waals surface area contributed by atoms with Gasteiger partial charge in [0.05, 0.1) is 25.0 Å². The zero-order valence-corrected chi connectivity index (χ0v) is 32.3. The smallest absolute Gasteiger partial charge is 0.328 e. The summed E-state index contributed by atoms with van der Waals surface area (Å²) in [5.74, 6) is 0.389. The summed E-state index contributed by atoms with van der Waals surface area (Å²) in [6.45, 7) is 8.08. The highest BCUT2D eigenvalue weighted by atomic mass is 33.1. The van der Waals surface area contributed by atoms with E-state index in [-0.39, 0.29) is 25.0 Å². The van der Waals surface area contributed by atoms with Crippen LogP contribution in [0.3, 0.4) is 0 Å². The first kappa shape index (κ1) is 41.9. The van der Waals surface area contributed by atoms with Gasteiger partial charge in [-0.15, -0.1) is 0 Å². The molecule has 0 aliphatic heterocycles. The number of hydrogen-bond acceptors (Lipinski definition) is 10. The molecule has 2 aromatic rings. The number of amides is 2. The van der Waals surface area contributed by atoms with E-state index in [0.29, 0.717) is 37.2 Å². The number of nitrogens with one attached hydrogen (secondary N) is 2. The lowest BCUT2D eigenvalue weighted by atomic mass is 9.96. The summed E-state index contributed by atoms with van der Waals surface area (Å²) < 4.78 is 10.5. The van der Waals surface area contributed by atoms with Crippen molar-refractivity contribution in [3.05, 3.63) is 70.8 Å². The lowest BCUT2D eigenvalue weighted by Gasteiger charge is -2.23. The SMILES string of the molecule is CCOC(=O)C(CCSC)NC(=O)[C@@H](CSSC[C@@H](Cc1ccccc1C)C(=O)N[C@@H](CCSC)C(=O)OCC)Cc1ccccc1C. The van der Waals surface area contributed by atoms with Gasteiger partial charge in [0.25, 0.3) is 0 Å². The van der Waals surface area contributed by atoms with Crippen LogP contribution >= 0.6 is 45.1 Å². The average molecular weight is 737 g/mol. The highest BCUT2D eigenvalue weighted by Crippen LogP contribution is 2.30. The highest BCUT2D eigenvalue weighted by Gasteiger charge is 2.29. The molecule has 2 amide bonds. The van der Waals surface area contributed by atoms with Gasteiger partial charge in [0.15, 0.2) is 0 Å². The Bertz CT molecular complexity index is 1200.